The topological polar surface area (TPSA) is 0 Å². The van der Waals surface area contributed by atoms with Gasteiger partial charge < -0.3 is 0 Å². The molecule has 2 heteroatoms. The van der Waals surface area contributed by atoms with Crippen LogP contribution in [0.5, 0.6) is 0 Å². The molecule has 2 aromatic rings. The molecular weight excluding hydrogens is 346 g/mol. The Labute approximate surface area is 118 Å². The van der Waals surface area contributed by atoms with Crippen LogP contribution >= 0.6 is 8.92 Å². The Morgan fingerprint density at radius 3 is 2.00 bits per heavy atom. The fourth-order valence-corrected chi connectivity index (χ4v) is 11.9. The van der Waals surface area contributed by atoms with Crippen LogP contribution in [-0.4, -0.2) is 17.3 Å². The zero-order chi connectivity index (χ0) is 13.0. The predicted octanol–water partition coefficient (Wildman–Crippen LogP) is 4.51. The maximum absolute atomic E-state index is 6.92. The normalized spacial score (nSPS) is 15.9. The van der Waals surface area contributed by atoms with Gasteiger partial charge in [0.15, 0.2) is 0 Å². The fourth-order valence-electron chi connectivity index (χ4n) is 2.38. The summed E-state index contributed by atoms with van der Waals surface area (Å²) >= 11 is -2.64. The zero-order valence-electron chi connectivity index (χ0n) is 10.9. The molecule has 2 rings (SSSR count). The van der Waals surface area contributed by atoms with Gasteiger partial charge in [0.1, 0.15) is 0 Å². The molecule has 0 aliphatic heterocycles. The van der Waals surface area contributed by atoms with Crippen molar-refractivity contribution in [1.82, 2.24) is 0 Å². The van der Waals surface area contributed by atoms with Crippen LogP contribution < -0.4 is 3.58 Å². The van der Waals surface area contributed by atoms with Crippen LogP contribution in [0.3, 0.4) is 0 Å². The van der Waals surface area contributed by atoms with E-state index in [4.69, 9.17) is 8.92 Å². The SMILES string of the molecule is CC([CH2][Sn]([CH3])([Cl])[c]1ccccc1)c1ccccc1. The van der Waals surface area contributed by atoms with Gasteiger partial charge >= 0.3 is 118 Å². The van der Waals surface area contributed by atoms with E-state index in [1.54, 1.807) is 0 Å². The van der Waals surface area contributed by atoms with E-state index < -0.39 is 17.3 Å². The van der Waals surface area contributed by atoms with Crippen LogP contribution in [-0.2, 0) is 0 Å². The Morgan fingerprint density at radius 2 is 1.44 bits per heavy atom. The van der Waals surface area contributed by atoms with E-state index in [0.717, 1.165) is 4.44 Å². The molecule has 0 saturated carbocycles. The molecule has 0 radical (unpaired) electrons. The van der Waals surface area contributed by atoms with Gasteiger partial charge in [-0.3, -0.25) is 0 Å². The van der Waals surface area contributed by atoms with Gasteiger partial charge in [-0.2, -0.15) is 0 Å². The number of hydrogen-bond acceptors (Lipinski definition) is 0. The summed E-state index contributed by atoms with van der Waals surface area (Å²) in [5.74, 6) is 0.546. The molecule has 18 heavy (non-hydrogen) atoms. The van der Waals surface area contributed by atoms with Crippen molar-refractivity contribution in [1.29, 1.82) is 0 Å². The molecular formula is C16H19ClSn. The molecule has 0 fully saturated rings. The van der Waals surface area contributed by atoms with Gasteiger partial charge in [0.05, 0.1) is 0 Å². The summed E-state index contributed by atoms with van der Waals surface area (Å²) in [6, 6.07) is 21.3. The van der Waals surface area contributed by atoms with Crippen molar-refractivity contribution in [3.8, 4) is 0 Å². The molecule has 94 valence electrons. The van der Waals surface area contributed by atoms with Crippen LogP contribution in [0, 0.1) is 0 Å². The van der Waals surface area contributed by atoms with Crippen LogP contribution in [0.25, 0.3) is 0 Å². The zero-order valence-corrected chi connectivity index (χ0v) is 14.5. The van der Waals surface area contributed by atoms with E-state index in [1.165, 1.54) is 9.14 Å². The maximum atomic E-state index is 6.92. The molecule has 2 aromatic carbocycles. The van der Waals surface area contributed by atoms with Crippen molar-refractivity contribution in [3.63, 3.8) is 0 Å². The van der Waals surface area contributed by atoms with Gasteiger partial charge in [0.25, 0.3) is 0 Å². The van der Waals surface area contributed by atoms with Crippen molar-refractivity contribution < 1.29 is 0 Å². The second kappa shape index (κ2) is 6.12. The number of benzene rings is 2. The summed E-state index contributed by atoms with van der Waals surface area (Å²) in [5, 5.41) is 0. The Morgan fingerprint density at radius 1 is 0.944 bits per heavy atom. The molecule has 0 aromatic heterocycles. The Balaban J connectivity index is 2.14. The van der Waals surface area contributed by atoms with Gasteiger partial charge in [0.2, 0.25) is 0 Å². The molecule has 0 nitrogen and oxygen atoms in total. The van der Waals surface area contributed by atoms with E-state index in [-0.39, 0.29) is 0 Å². The Kier molecular flexibility index (Phi) is 4.74. The molecule has 0 bridgehead atoms. The van der Waals surface area contributed by atoms with Crippen LogP contribution in [0.2, 0.25) is 9.38 Å². The van der Waals surface area contributed by atoms with E-state index >= 15 is 0 Å². The standard InChI is InChI=1S/C9H11.C6H5.CH3.ClH.Sn/c1-8(2)9-6-4-3-5-7-9;1-2-4-6-5-3-1;;;/h3-8H,1H2,2H3;1-5H;1H3;1H;/q;;;;+1/p-1. The first kappa shape index (κ1) is 13.9. The van der Waals surface area contributed by atoms with Gasteiger partial charge in [-0.1, -0.05) is 0 Å². The second-order valence-corrected chi connectivity index (χ2v) is 20.3. The van der Waals surface area contributed by atoms with Gasteiger partial charge in [0, 0.05) is 0 Å². The van der Waals surface area contributed by atoms with Crippen molar-refractivity contribution >= 4 is 29.8 Å². The molecule has 0 amide bonds. The summed E-state index contributed by atoms with van der Waals surface area (Å²) < 4.78 is 2.54. The van der Waals surface area contributed by atoms with Gasteiger partial charge in [-0.25, -0.2) is 0 Å². The molecule has 2 atom stereocenters. The average molecular weight is 365 g/mol. The summed E-state index contributed by atoms with van der Waals surface area (Å²) in [6.45, 7) is 2.29. The van der Waals surface area contributed by atoms with Crippen molar-refractivity contribution in [2.45, 2.75) is 22.2 Å². The number of rotatable bonds is 4. The average Bonchev–Trinajstić information content (AvgIpc) is 2.40. The molecule has 0 N–H and O–H groups in total. The first-order valence-electron chi connectivity index (χ1n) is 6.39. The van der Waals surface area contributed by atoms with E-state index in [9.17, 15) is 0 Å². The van der Waals surface area contributed by atoms with E-state index in [1.807, 2.05) is 0 Å². The predicted molar refractivity (Wildman–Crippen MR) is 83.2 cm³/mol. The Hall–Kier alpha value is -0.471. The molecule has 0 heterocycles. The molecule has 0 saturated heterocycles. The van der Waals surface area contributed by atoms with Crippen LogP contribution in [0.1, 0.15) is 18.4 Å². The van der Waals surface area contributed by atoms with E-state index in [0.29, 0.717) is 5.92 Å². The molecule has 0 spiro atoms. The van der Waals surface area contributed by atoms with Crippen LogP contribution in [0.4, 0.5) is 0 Å². The fraction of sp³-hybridized carbons (Fsp3) is 0.250. The van der Waals surface area contributed by atoms with Gasteiger partial charge in [-0.05, 0) is 0 Å². The van der Waals surface area contributed by atoms with Crippen LogP contribution in [0.15, 0.2) is 60.7 Å². The van der Waals surface area contributed by atoms with Crippen molar-refractivity contribution in [2.24, 2.45) is 0 Å². The Bertz CT molecular complexity index is 479. The van der Waals surface area contributed by atoms with Crippen molar-refractivity contribution in [3.05, 3.63) is 66.2 Å². The van der Waals surface area contributed by atoms with Gasteiger partial charge in [-0.15, -0.1) is 0 Å². The minimum atomic E-state index is -2.64. The minimum absolute atomic E-state index is 0.546. The molecule has 2 unspecified atom stereocenters. The second-order valence-electron chi connectivity index (χ2n) is 5.08. The van der Waals surface area contributed by atoms with E-state index in [2.05, 4.69) is 72.5 Å². The number of hydrogen-bond donors (Lipinski definition) is 0. The summed E-state index contributed by atoms with van der Waals surface area (Å²) in [6.07, 6.45) is 0. The number of halogens is 1. The summed E-state index contributed by atoms with van der Waals surface area (Å²) in [4.78, 5) is 2.31. The first-order valence-corrected chi connectivity index (χ1v) is 16.3. The molecule has 0 aliphatic rings. The third kappa shape index (κ3) is 3.52. The summed E-state index contributed by atoms with van der Waals surface area (Å²) in [5.41, 5.74) is 1.40. The third-order valence-electron chi connectivity index (χ3n) is 3.43. The summed E-state index contributed by atoms with van der Waals surface area (Å²) in [7, 11) is 6.92. The first-order chi connectivity index (χ1) is 8.59. The van der Waals surface area contributed by atoms with Crippen molar-refractivity contribution in [2.75, 3.05) is 0 Å². The monoisotopic (exact) mass is 366 g/mol. The molecule has 0 aliphatic carbocycles. The third-order valence-corrected chi connectivity index (χ3v) is 14.3. The quantitative estimate of drug-likeness (QED) is 0.699.